The standard InChI is InChI=1S/C37H41ClFN9OS/c1-22(40)4-2-5-24-16-29(34(39)30(38)17-24)32-18-25-21-48(37(49)47-35(25)46-32)27-10-8-23(9-11-27)19-44-26(12-14-43-36(41)42)20-45-31-6-3-7-33-28(31)13-15-50-33/h3,6-11,13,15-18,21-22,26,44-45H,2,4-5,12,14,19-20,40H2,1H3,(H4,41,42,43)(H,46,47,49)/t22-,26+/m0/s1. The molecule has 3 heterocycles. The molecule has 6 rings (SSSR count). The van der Waals surface area contributed by atoms with Crippen molar-refractivity contribution >= 4 is 55.7 Å². The van der Waals surface area contributed by atoms with Gasteiger partial charge in [0, 0.05) is 64.6 Å². The van der Waals surface area contributed by atoms with Crippen molar-refractivity contribution in [1.29, 1.82) is 5.41 Å². The molecule has 3 aromatic heterocycles. The van der Waals surface area contributed by atoms with Gasteiger partial charge in [-0.25, -0.2) is 9.18 Å². The van der Waals surface area contributed by atoms with Crippen LogP contribution in [0.1, 0.15) is 37.3 Å². The van der Waals surface area contributed by atoms with Crippen LogP contribution in [0.25, 0.3) is 38.1 Å². The number of aryl methyl sites for hydroxylation is 1. The lowest BCUT2D eigenvalue weighted by molar-refractivity contribution is 0.494. The lowest BCUT2D eigenvalue weighted by Crippen LogP contribution is -2.40. The Morgan fingerprint density at radius 1 is 1.12 bits per heavy atom. The number of anilines is 1. The molecule has 260 valence electrons. The number of nitrogens with one attached hydrogen (secondary N) is 5. The topological polar surface area (TPSA) is 163 Å². The Labute approximate surface area is 298 Å². The van der Waals surface area contributed by atoms with Gasteiger partial charge in [-0.1, -0.05) is 29.8 Å². The summed E-state index contributed by atoms with van der Waals surface area (Å²) >= 11 is 7.99. The summed E-state index contributed by atoms with van der Waals surface area (Å²) in [5.74, 6) is -0.579. The number of hydrogen-bond acceptors (Lipinski definition) is 7. The summed E-state index contributed by atoms with van der Waals surface area (Å²) in [6.45, 7) is 3.81. The first-order valence-electron chi connectivity index (χ1n) is 16.6. The summed E-state index contributed by atoms with van der Waals surface area (Å²) in [7, 11) is 0. The van der Waals surface area contributed by atoms with E-state index in [1.807, 2.05) is 31.2 Å². The van der Waals surface area contributed by atoms with E-state index in [0.29, 0.717) is 47.6 Å². The van der Waals surface area contributed by atoms with E-state index in [2.05, 4.69) is 55.6 Å². The van der Waals surface area contributed by atoms with E-state index in [0.717, 1.165) is 42.5 Å². The molecule has 9 N–H and O–H groups in total. The molecule has 0 saturated heterocycles. The first-order valence-corrected chi connectivity index (χ1v) is 17.9. The van der Waals surface area contributed by atoms with Crippen LogP contribution in [-0.4, -0.2) is 45.7 Å². The summed E-state index contributed by atoms with van der Waals surface area (Å²) in [5, 5.41) is 21.6. The highest BCUT2D eigenvalue weighted by atomic mass is 35.5. The zero-order valence-corrected chi connectivity index (χ0v) is 29.3. The molecule has 0 bridgehead atoms. The van der Waals surface area contributed by atoms with Crippen LogP contribution in [0.15, 0.2) is 83.1 Å². The number of aromatic nitrogens is 3. The Balaban J connectivity index is 1.15. The van der Waals surface area contributed by atoms with Gasteiger partial charge in [-0.3, -0.25) is 9.98 Å². The van der Waals surface area contributed by atoms with E-state index < -0.39 is 11.5 Å². The Kier molecular flexibility index (Phi) is 11.1. The Bertz CT molecular complexity index is 2160. The number of aromatic amines is 1. The Morgan fingerprint density at radius 3 is 2.72 bits per heavy atom. The van der Waals surface area contributed by atoms with Crippen LogP contribution < -0.4 is 33.1 Å². The minimum absolute atomic E-state index is 0.0466. The van der Waals surface area contributed by atoms with Gasteiger partial charge in [0.1, 0.15) is 5.65 Å². The van der Waals surface area contributed by atoms with E-state index in [1.165, 1.54) is 14.7 Å². The zero-order chi connectivity index (χ0) is 35.2. The van der Waals surface area contributed by atoms with Crippen molar-refractivity contribution in [2.24, 2.45) is 11.5 Å². The second-order valence-corrected chi connectivity index (χ2v) is 13.9. The second kappa shape index (κ2) is 15.9. The van der Waals surface area contributed by atoms with Crippen molar-refractivity contribution in [3.8, 4) is 16.9 Å². The van der Waals surface area contributed by atoms with Gasteiger partial charge in [0.05, 0.1) is 16.4 Å². The minimum Gasteiger partial charge on any atom is -0.383 e. The SMILES string of the molecule is C[C@H](N)CCCc1cc(Cl)c(F)c(-c2cc3cn(-c4ccc(CN[C@H](CCNC(=N)N)CNc5cccc6sccc56)cc4)c(=O)nc3[nH]2)c1. The molecule has 0 fully saturated rings. The molecule has 0 aliphatic heterocycles. The van der Waals surface area contributed by atoms with E-state index in [-0.39, 0.29) is 23.1 Å². The lowest BCUT2D eigenvalue weighted by atomic mass is 10.0. The molecule has 3 aromatic carbocycles. The molecule has 0 radical (unpaired) electrons. The molecule has 50 heavy (non-hydrogen) atoms. The van der Waals surface area contributed by atoms with Gasteiger partial charge in [-0.15, -0.1) is 11.3 Å². The van der Waals surface area contributed by atoms with E-state index >= 15 is 4.39 Å². The molecule has 6 aromatic rings. The third kappa shape index (κ3) is 8.51. The number of hydrogen-bond donors (Lipinski definition) is 7. The van der Waals surface area contributed by atoms with E-state index in [9.17, 15) is 4.79 Å². The molecule has 0 saturated carbocycles. The summed E-state index contributed by atoms with van der Waals surface area (Å²) in [5.41, 5.74) is 15.8. The van der Waals surface area contributed by atoms with Crippen LogP contribution in [0.3, 0.4) is 0 Å². The number of nitrogens with zero attached hydrogens (tertiary/aromatic N) is 2. The van der Waals surface area contributed by atoms with Crippen molar-refractivity contribution in [3.63, 3.8) is 0 Å². The predicted molar refractivity (Wildman–Crippen MR) is 204 cm³/mol. The van der Waals surface area contributed by atoms with Crippen LogP contribution in [-0.2, 0) is 13.0 Å². The first-order chi connectivity index (χ1) is 24.1. The molecule has 2 atom stereocenters. The maximum Gasteiger partial charge on any atom is 0.354 e. The van der Waals surface area contributed by atoms with E-state index in [1.54, 1.807) is 35.7 Å². The number of fused-ring (bicyclic) bond motifs is 2. The number of H-pyrrole nitrogens is 1. The molecule has 0 spiro atoms. The third-order valence-corrected chi connectivity index (χ3v) is 9.82. The summed E-state index contributed by atoms with van der Waals surface area (Å²) in [6.07, 6.45) is 4.91. The normalized spacial score (nSPS) is 12.7. The highest BCUT2D eigenvalue weighted by Gasteiger charge is 2.16. The van der Waals surface area contributed by atoms with Crippen molar-refractivity contribution < 1.29 is 4.39 Å². The third-order valence-electron chi connectivity index (χ3n) is 8.66. The number of thiophene rings is 1. The molecule has 0 aliphatic carbocycles. The summed E-state index contributed by atoms with van der Waals surface area (Å²) < 4.78 is 17.9. The van der Waals surface area contributed by atoms with Gasteiger partial charge in [0.15, 0.2) is 11.8 Å². The van der Waals surface area contributed by atoms with Gasteiger partial charge in [-0.05, 0) is 97.6 Å². The van der Waals surface area contributed by atoms with Gasteiger partial charge >= 0.3 is 5.69 Å². The van der Waals surface area contributed by atoms with Crippen LogP contribution in [0, 0.1) is 11.2 Å². The summed E-state index contributed by atoms with van der Waals surface area (Å²) in [4.78, 5) is 20.5. The average Bonchev–Trinajstić information content (AvgIpc) is 3.74. The van der Waals surface area contributed by atoms with Crippen molar-refractivity contribution in [2.45, 2.75) is 51.2 Å². The molecular weight excluding hydrogens is 673 g/mol. The molecule has 10 nitrogen and oxygen atoms in total. The number of halogens is 2. The Hall–Kier alpha value is -4.75. The molecule has 0 aliphatic rings. The molecule has 0 unspecified atom stereocenters. The van der Waals surface area contributed by atoms with Gasteiger partial charge in [0.25, 0.3) is 0 Å². The molecule has 13 heteroatoms. The summed E-state index contributed by atoms with van der Waals surface area (Å²) in [6, 6.07) is 21.5. The van der Waals surface area contributed by atoms with E-state index in [4.69, 9.17) is 28.5 Å². The fraction of sp³-hybridized carbons (Fsp3) is 0.270. The lowest BCUT2D eigenvalue weighted by Gasteiger charge is -2.21. The van der Waals surface area contributed by atoms with Crippen molar-refractivity contribution in [2.75, 3.05) is 18.4 Å². The van der Waals surface area contributed by atoms with Crippen LogP contribution in [0.2, 0.25) is 5.02 Å². The highest BCUT2D eigenvalue weighted by Crippen LogP contribution is 2.32. The van der Waals surface area contributed by atoms with Gasteiger partial charge < -0.3 is 32.4 Å². The maximum absolute atomic E-state index is 15.2. The molecular formula is C37H41ClFN9OS. The quantitative estimate of drug-likeness (QED) is 0.0472. The smallest absolute Gasteiger partial charge is 0.354 e. The van der Waals surface area contributed by atoms with Crippen LogP contribution in [0.5, 0.6) is 0 Å². The van der Waals surface area contributed by atoms with Crippen LogP contribution >= 0.6 is 22.9 Å². The fourth-order valence-electron chi connectivity index (χ4n) is 6.01. The largest absolute Gasteiger partial charge is 0.383 e. The number of guanidine groups is 1. The average molecular weight is 714 g/mol. The monoisotopic (exact) mass is 713 g/mol. The Morgan fingerprint density at radius 2 is 1.94 bits per heavy atom. The molecule has 0 amide bonds. The second-order valence-electron chi connectivity index (χ2n) is 12.6. The zero-order valence-electron chi connectivity index (χ0n) is 27.7. The first kappa shape index (κ1) is 35.1. The minimum atomic E-state index is -0.526. The van der Waals surface area contributed by atoms with Crippen molar-refractivity contribution in [3.05, 3.63) is 111 Å². The number of benzene rings is 3. The highest BCUT2D eigenvalue weighted by molar-refractivity contribution is 7.17. The van der Waals surface area contributed by atoms with Gasteiger partial charge in [0.2, 0.25) is 0 Å². The van der Waals surface area contributed by atoms with Crippen molar-refractivity contribution in [1.82, 2.24) is 25.2 Å². The number of nitrogens with two attached hydrogens (primary N) is 2. The predicted octanol–water partition coefficient (Wildman–Crippen LogP) is 6.50. The fourth-order valence-corrected chi connectivity index (χ4v) is 7.07. The van der Waals surface area contributed by atoms with Crippen LogP contribution in [0.4, 0.5) is 10.1 Å². The van der Waals surface area contributed by atoms with Gasteiger partial charge in [-0.2, -0.15) is 4.98 Å². The maximum atomic E-state index is 15.2. The number of rotatable bonds is 15.